The highest BCUT2D eigenvalue weighted by Crippen LogP contribution is 2.38. The fraction of sp³-hybridized carbons (Fsp3) is 0.231. The van der Waals surface area contributed by atoms with Crippen molar-refractivity contribution in [2.24, 2.45) is 5.73 Å². The summed E-state index contributed by atoms with van der Waals surface area (Å²) >= 11 is 10.9. The molecule has 0 fully saturated rings. The van der Waals surface area contributed by atoms with E-state index in [2.05, 4.69) is 15.9 Å². The molecule has 0 saturated carbocycles. The van der Waals surface area contributed by atoms with E-state index in [1.165, 1.54) is 11.3 Å². The van der Waals surface area contributed by atoms with E-state index in [-0.39, 0.29) is 6.04 Å². The Bertz CT molecular complexity index is 524. The van der Waals surface area contributed by atoms with Gasteiger partial charge in [-0.15, -0.1) is 11.3 Å². The first-order valence-electron chi connectivity index (χ1n) is 5.55. The average molecular weight is 347 g/mol. The molecule has 2 N–H and O–H groups in total. The Balaban J connectivity index is 2.36. The molecule has 0 saturated heterocycles. The molecule has 0 bridgehead atoms. The number of para-hydroxylation sites is 1. The van der Waals surface area contributed by atoms with E-state index in [1.807, 2.05) is 37.3 Å². The molecule has 0 amide bonds. The molecule has 18 heavy (non-hydrogen) atoms. The maximum atomic E-state index is 6.28. The summed E-state index contributed by atoms with van der Waals surface area (Å²) in [5.74, 6) is 0.827. The van der Waals surface area contributed by atoms with Crippen molar-refractivity contribution in [1.29, 1.82) is 0 Å². The van der Waals surface area contributed by atoms with Crippen LogP contribution in [0.1, 0.15) is 23.4 Å². The number of benzene rings is 1. The van der Waals surface area contributed by atoms with Crippen molar-refractivity contribution in [3.8, 4) is 5.75 Å². The molecule has 2 nitrogen and oxygen atoms in total. The van der Waals surface area contributed by atoms with Gasteiger partial charge in [0.05, 0.1) is 12.6 Å². The van der Waals surface area contributed by atoms with Gasteiger partial charge in [-0.25, -0.2) is 0 Å². The van der Waals surface area contributed by atoms with Crippen molar-refractivity contribution in [3.05, 3.63) is 49.6 Å². The predicted octanol–water partition coefficient (Wildman–Crippen LogP) is 4.61. The lowest BCUT2D eigenvalue weighted by Gasteiger charge is -2.15. The summed E-state index contributed by atoms with van der Waals surface area (Å²) in [6.07, 6.45) is 0. The van der Waals surface area contributed by atoms with Gasteiger partial charge in [-0.3, -0.25) is 0 Å². The molecular weight excluding hydrogens is 334 g/mol. The van der Waals surface area contributed by atoms with Gasteiger partial charge in [0.2, 0.25) is 0 Å². The minimum atomic E-state index is -0.221. The summed E-state index contributed by atoms with van der Waals surface area (Å²) < 4.78 is 7.20. The third-order valence-electron chi connectivity index (χ3n) is 2.52. The van der Waals surface area contributed by atoms with E-state index >= 15 is 0 Å². The van der Waals surface area contributed by atoms with Gasteiger partial charge in [-0.1, -0.05) is 29.8 Å². The molecule has 0 radical (unpaired) electrons. The molecule has 0 spiro atoms. The molecule has 0 aliphatic heterocycles. The van der Waals surface area contributed by atoms with Crippen molar-refractivity contribution in [3.63, 3.8) is 0 Å². The topological polar surface area (TPSA) is 35.2 Å². The zero-order valence-electron chi connectivity index (χ0n) is 9.82. The highest BCUT2D eigenvalue weighted by Gasteiger charge is 2.17. The largest absolute Gasteiger partial charge is 0.494 e. The standard InChI is InChI=1S/C13H13BrClNOS/c1-2-17-10-6-4-3-5-8(10)12(16)11-7-9(14)13(15)18-11/h3-7,12H,2,16H2,1H3. The second-order valence-corrected chi connectivity index (χ2v) is 6.26. The van der Waals surface area contributed by atoms with Crippen molar-refractivity contribution in [2.75, 3.05) is 6.61 Å². The van der Waals surface area contributed by atoms with Crippen LogP contribution >= 0.6 is 38.9 Å². The van der Waals surface area contributed by atoms with Crippen LogP contribution in [0, 0.1) is 0 Å². The molecule has 5 heteroatoms. The Morgan fingerprint density at radius 1 is 1.44 bits per heavy atom. The zero-order valence-corrected chi connectivity index (χ0v) is 13.0. The maximum Gasteiger partial charge on any atom is 0.124 e. The maximum absolute atomic E-state index is 6.28. The molecule has 0 aliphatic carbocycles. The lowest BCUT2D eigenvalue weighted by Crippen LogP contribution is -2.12. The van der Waals surface area contributed by atoms with Gasteiger partial charge in [0.25, 0.3) is 0 Å². The van der Waals surface area contributed by atoms with Crippen LogP contribution in [-0.2, 0) is 0 Å². The monoisotopic (exact) mass is 345 g/mol. The molecular formula is C13H13BrClNOS. The summed E-state index contributed by atoms with van der Waals surface area (Å²) in [7, 11) is 0. The second-order valence-electron chi connectivity index (χ2n) is 3.72. The lowest BCUT2D eigenvalue weighted by atomic mass is 10.1. The Morgan fingerprint density at radius 2 is 2.17 bits per heavy atom. The van der Waals surface area contributed by atoms with E-state index in [0.29, 0.717) is 10.9 Å². The summed E-state index contributed by atoms with van der Waals surface area (Å²) in [6.45, 7) is 2.58. The fourth-order valence-electron chi connectivity index (χ4n) is 1.69. The van der Waals surface area contributed by atoms with Gasteiger partial charge in [0, 0.05) is 14.9 Å². The minimum absolute atomic E-state index is 0.221. The van der Waals surface area contributed by atoms with E-state index in [4.69, 9.17) is 22.1 Å². The van der Waals surface area contributed by atoms with Crippen molar-refractivity contribution in [1.82, 2.24) is 0 Å². The first-order chi connectivity index (χ1) is 8.63. The average Bonchev–Trinajstić information content (AvgIpc) is 2.70. The normalized spacial score (nSPS) is 12.4. The number of halogens is 2. The van der Waals surface area contributed by atoms with Crippen LogP contribution in [0.15, 0.2) is 34.8 Å². The fourth-order valence-corrected chi connectivity index (χ4v) is 3.45. The SMILES string of the molecule is CCOc1ccccc1C(N)c1cc(Br)c(Cl)s1. The van der Waals surface area contributed by atoms with Crippen LogP contribution in [0.3, 0.4) is 0 Å². The summed E-state index contributed by atoms with van der Waals surface area (Å²) in [6, 6.07) is 9.56. The molecule has 1 unspecified atom stereocenters. The molecule has 1 heterocycles. The van der Waals surface area contributed by atoms with Crippen LogP contribution in [0.5, 0.6) is 5.75 Å². The van der Waals surface area contributed by atoms with E-state index in [9.17, 15) is 0 Å². The highest BCUT2D eigenvalue weighted by atomic mass is 79.9. The van der Waals surface area contributed by atoms with Crippen molar-refractivity contribution in [2.45, 2.75) is 13.0 Å². The Morgan fingerprint density at radius 3 is 2.78 bits per heavy atom. The van der Waals surface area contributed by atoms with E-state index in [1.54, 1.807) is 0 Å². The van der Waals surface area contributed by atoms with Crippen LogP contribution < -0.4 is 10.5 Å². The molecule has 96 valence electrons. The zero-order chi connectivity index (χ0) is 13.1. The van der Waals surface area contributed by atoms with E-state index in [0.717, 1.165) is 20.7 Å². The van der Waals surface area contributed by atoms with Crippen molar-refractivity contribution >= 4 is 38.9 Å². The highest BCUT2D eigenvalue weighted by molar-refractivity contribution is 9.10. The Labute approximate surface area is 124 Å². The Hall–Kier alpha value is -0.550. The lowest BCUT2D eigenvalue weighted by molar-refractivity contribution is 0.335. The molecule has 1 aromatic heterocycles. The second kappa shape index (κ2) is 6.06. The van der Waals surface area contributed by atoms with Gasteiger partial charge in [-0.2, -0.15) is 0 Å². The van der Waals surface area contributed by atoms with Gasteiger partial charge < -0.3 is 10.5 Å². The number of rotatable bonds is 4. The molecule has 1 aromatic carbocycles. The summed E-state index contributed by atoms with van der Waals surface area (Å²) in [4.78, 5) is 1.01. The Kier molecular flexibility index (Phi) is 4.67. The number of thiophene rings is 1. The number of nitrogens with two attached hydrogens (primary N) is 1. The van der Waals surface area contributed by atoms with Crippen LogP contribution in [0.25, 0.3) is 0 Å². The van der Waals surface area contributed by atoms with E-state index < -0.39 is 0 Å². The third kappa shape index (κ3) is 2.88. The molecule has 2 aromatic rings. The summed E-state index contributed by atoms with van der Waals surface area (Å²) in [5.41, 5.74) is 7.26. The van der Waals surface area contributed by atoms with Crippen molar-refractivity contribution < 1.29 is 4.74 Å². The predicted molar refractivity (Wildman–Crippen MR) is 80.7 cm³/mol. The number of hydrogen-bond donors (Lipinski definition) is 1. The quantitative estimate of drug-likeness (QED) is 0.877. The van der Waals surface area contributed by atoms with Gasteiger partial charge in [0.15, 0.2) is 0 Å². The molecule has 2 rings (SSSR count). The van der Waals surface area contributed by atoms with Gasteiger partial charge in [-0.05, 0) is 35.0 Å². The van der Waals surface area contributed by atoms with Crippen LogP contribution in [-0.4, -0.2) is 6.61 Å². The smallest absolute Gasteiger partial charge is 0.124 e. The minimum Gasteiger partial charge on any atom is -0.494 e. The van der Waals surface area contributed by atoms with Crippen LogP contribution in [0.2, 0.25) is 4.34 Å². The first kappa shape index (κ1) is 13.9. The van der Waals surface area contributed by atoms with Gasteiger partial charge in [0.1, 0.15) is 10.1 Å². The molecule has 0 aliphatic rings. The first-order valence-corrected chi connectivity index (χ1v) is 7.54. The molecule has 1 atom stereocenters. The van der Waals surface area contributed by atoms with Crippen LogP contribution in [0.4, 0.5) is 0 Å². The third-order valence-corrected chi connectivity index (χ3v) is 5.08. The number of ether oxygens (including phenoxy) is 1. The number of hydrogen-bond acceptors (Lipinski definition) is 3. The van der Waals surface area contributed by atoms with Gasteiger partial charge >= 0.3 is 0 Å². The summed E-state index contributed by atoms with van der Waals surface area (Å²) in [5, 5.41) is 0.